The van der Waals surface area contributed by atoms with Gasteiger partial charge in [-0.25, -0.2) is 4.98 Å². The first kappa shape index (κ1) is 19.4. The highest BCUT2D eigenvalue weighted by molar-refractivity contribution is 5.97. The molecule has 154 valence electrons. The minimum atomic E-state index is -0.0904. The molecule has 0 atom stereocenters. The number of likely N-dealkylation sites (N-methyl/N-ethyl adjacent to an activating group) is 1. The van der Waals surface area contributed by atoms with Gasteiger partial charge in [-0.2, -0.15) is 0 Å². The summed E-state index contributed by atoms with van der Waals surface area (Å²) in [5, 5.41) is 3.18. The van der Waals surface area contributed by atoms with Crippen LogP contribution in [0.3, 0.4) is 0 Å². The fraction of sp³-hybridized carbons (Fsp3) is 0.762. The van der Waals surface area contributed by atoms with Crippen LogP contribution in [0.4, 0.5) is 0 Å². The van der Waals surface area contributed by atoms with Crippen LogP contribution >= 0.6 is 0 Å². The molecule has 28 heavy (non-hydrogen) atoms. The highest BCUT2D eigenvalue weighted by atomic mass is 16.2. The lowest BCUT2D eigenvalue weighted by Gasteiger charge is -2.34. The topological polar surface area (TPSA) is 70.5 Å². The SMILES string of the molecule is CCN1CCN(C(=O)c2nc(C(=O)NC3CCCCC3)c3n2CCCC3)CC1. The van der Waals surface area contributed by atoms with Gasteiger partial charge in [0.2, 0.25) is 0 Å². The zero-order chi connectivity index (χ0) is 19.5. The number of imidazole rings is 1. The highest BCUT2D eigenvalue weighted by Gasteiger charge is 2.31. The van der Waals surface area contributed by atoms with Crippen molar-refractivity contribution in [3.8, 4) is 0 Å². The van der Waals surface area contributed by atoms with E-state index in [9.17, 15) is 9.59 Å². The van der Waals surface area contributed by atoms with E-state index in [0.29, 0.717) is 11.5 Å². The summed E-state index contributed by atoms with van der Waals surface area (Å²) in [5.74, 6) is 0.358. The van der Waals surface area contributed by atoms with Gasteiger partial charge in [-0.3, -0.25) is 9.59 Å². The molecule has 0 unspecified atom stereocenters. The van der Waals surface area contributed by atoms with Gasteiger partial charge in [0.05, 0.1) is 5.69 Å². The summed E-state index contributed by atoms with van der Waals surface area (Å²) in [6.07, 6.45) is 8.65. The molecule has 1 saturated carbocycles. The van der Waals surface area contributed by atoms with Crippen molar-refractivity contribution >= 4 is 11.8 Å². The number of hydrogen-bond donors (Lipinski definition) is 1. The summed E-state index contributed by atoms with van der Waals surface area (Å²) in [6.45, 7) is 7.24. The van der Waals surface area contributed by atoms with E-state index in [1.165, 1.54) is 19.3 Å². The Kier molecular flexibility index (Phi) is 5.99. The van der Waals surface area contributed by atoms with E-state index >= 15 is 0 Å². The molecule has 1 aromatic heterocycles. The quantitative estimate of drug-likeness (QED) is 0.859. The number of rotatable bonds is 4. The molecule has 0 spiro atoms. The molecular weight excluding hydrogens is 354 g/mol. The van der Waals surface area contributed by atoms with Gasteiger partial charge in [0.25, 0.3) is 11.8 Å². The lowest BCUT2D eigenvalue weighted by molar-refractivity contribution is 0.0625. The van der Waals surface area contributed by atoms with Crippen LogP contribution < -0.4 is 5.32 Å². The van der Waals surface area contributed by atoms with Gasteiger partial charge in [0, 0.05) is 38.8 Å². The zero-order valence-corrected chi connectivity index (χ0v) is 17.1. The van der Waals surface area contributed by atoms with Gasteiger partial charge in [-0.15, -0.1) is 0 Å². The summed E-state index contributed by atoms with van der Waals surface area (Å²) in [4.78, 5) is 35.0. The molecule has 0 radical (unpaired) electrons. The third-order valence-corrected chi connectivity index (χ3v) is 6.57. The monoisotopic (exact) mass is 387 g/mol. The molecule has 2 amide bonds. The van der Waals surface area contributed by atoms with Crippen LogP contribution in [-0.2, 0) is 13.0 Å². The Morgan fingerprint density at radius 3 is 2.46 bits per heavy atom. The van der Waals surface area contributed by atoms with Crippen LogP contribution in [-0.4, -0.2) is 69.9 Å². The Balaban J connectivity index is 1.53. The van der Waals surface area contributed by atoms with Gasteiger partial charge in [-0.05, 0) is 38.6 Å². The molecule has 1 N–H and O–H groups in total. The molecule has 3 aliphatic rings. The van der Waals surface area contributed by atoms with Gasteiger partial charge >= 0.3 is 0 Å². The van der Waals surface area contributed by atoms with Crippen molar-refractivity contribution in [1.29, 1.82) is 0 Å². The zero-order valence-electron chi connectivity index (χ0n) is 17.1. The number of hydrogen-bond acceptors (Lipinski definition) is 4. The molecule has 7 heteroatoms. The maximum atomic E-state index is 13.2. The lowest BCUT2D eigenvalue weighted by Crippen LogP contribution is -2.49. The van der Waals surface area contributed by atoms with E-state index < -0.39 is 0 Å². The first-order chi connectivity index (χ1) is 13.7. The summed E-state index contributed by atoms with van der Waals surface area (Å²) in [5.41, 5.74) is 1.44. The molecule has 7 nitrogen and oxygen atoms in total. The fourth-order valence-electron chi connectivity index (χ4n) is 4.80. The van der Waals surface area contributed by atoms with E-state index in [0.717, 1.165) is 77.1 Å². The van der Waals surface area contributed by atoms with Crippen molar-refractivity contribution in [2.45, 2.75) is 70.9 Å². The van der Waals surface area contributed by atoms with E-state index in [-0.39, 0.29) is 17.9 Å². The summed E-state index contributed by atoms with van der Waals surface area (Å²) in [7, 11) is 0. The number of nitrogens with one attached hydrogen (secondary N) is 1. The third-order valence-electron chi connectivity index (χ3n) is 6.57. The van der Waals surface area contributed by atoms with E-state index in [4.69, 9.17) is 0 Å². The number of amides is 2. The average molecular weight is 388 g/mol. The minimum Gasteiger partial charge on any atom is -0.348 e. The molecule has 1 saturated heterocycles. The maximum Gasteiger partial charge on any atom is 0.289 e. The predicted octanol–water partition coefficient (Wildman–Crippen LogP) is 2.06. The van der Waals surface area contributed by atoms with E-state index in [2.05, 4.69) is 22.1 Å². The number of carbonyl (C=O) groups excluding carboxylic acids is 2. The number of piperazine rings is 1. The highest BCUT2D eigenvalue weighted by Crippen LogP contribution is 2.24. The Morgan fingerprint density at radius 1 is 1.00 bits per heavy atom. The second kappa shape index (κ2) is 8.64. The number of carbonyl (C=O) groups is 2. The smallest absolute Gasteiger partial charge is 0.289 e. The van der Waals surface area contributed by atoms with Gasteiger partial charge in [-0.1, -0.05) is 26.2 Å². The normalized spacial score (nSPS) is 21.4. The van der Waals surface area contributed by atoms with Crippen molar-refractivity contribution in [1.82, 2.24) is 24.7 Å². The van der Waals surface area contributed by atoms with Crippen LogP contribution in [0.5, 0.6) is 0 Å². The van der Waals surface area contributed by atoms with Crippen molar-refractivity contribution in [3.63, 3.8) is 0 Å². The third kappa shape index (κ3) is 3.95. The maximum absolute atomic E-state index is 13.2. The van der Waals surface area contributed by atoms with Gasteiger partial charge < -0.3 is 19.7 Å². The molecular formula is C21H33N5O2. The molecule has 4 rings (SSSR count). The summed E-state index contributed by atoms with van der Waals surface area (Å²) < 4.78 is 2.02. The van der Waals surface area contributed by atoms with Crippen molar-refractivity contribution < 1.29 is 9.59 Å². The molecule has 1 aliphatic carbocycles. The van der Waals surface area contributed by atoms with Crippen molar-refractivity contribution in [2.24, 2.45) is 0 Å². The number of fused-ring (bicyclic) bond motifs is 1. The fourth-order valence-corrected chi connectivity index (χ4v) is 4.80. The van der Waals surface area contributed by atoms with E-state index in [1.54, 1.807) is 0 Å². The molecule has 2 aliphatic heterocycles. The van der Waals surface area contributed by atoms with Crippen LogP contribution in [0.1, 0.15) is 78.7 Å². The summed E-state index contributed by atoms with van der Waals surface area (Å²) in [6, 6.07) is 0.253. The Hall–Kier alpha value is -1.89. The second-order valence-corrected chi connectivity index (χ2v) is 8.37. The molecule has 3 heterocycles. The number of nitrogens with zero attached hydrogens (tertiary/aromatic N) is 4. The molecule has 0 bridgehead atoms. The predicted molar refractivity (Wildman–Crippen MR) is 108 cm³/mol. The Morgan fingerprint density at radius 2 is 1.75 bits per heavy atom. The van der Waals surface area contributed by atoms with Gasteiger partial charge in [0.15, 0.2) is 5.82 Å². The van der Waals surface area contributed by atoms with Crippen LogP contribution in [0.25, 0.3) is 0 Å². The average Bonchev–Trinajstić information content (AvgIpc) is 3.14. The number of aromatic nitrogens is 2. The Labute approximate surface area is 167 Å². The first-order valence-electron chi connectivity index (χ1n) is 11.1. The molecule has 2 fully saturated rings. The molecule has 0 aromatic carbocycles. The lowest BCUT2D eigenvalue weighted by atomic mass is 9.95. The largest absolute Gasteiger partial charge is 0.348 e. The minimum absolute atomic E-state index is 0.0179. The van der Waals surface area contributed by atoms with Crippen LogP contribution in [0.15, 0.2) is 0 Å². The summed E-state index contributed by atoms with van der Waals surface area (Å²) >= 11 is 0. The molecule has 1 aromatic rings. The standard InChI is InChI=1S/C21H33N5O2/c1-2-24-12-14-25(15-13-24)21(28)19-23-18(17-10-6-7-11-26(17)19)20(27)22-16-8-4-3-5-9-16/h16H,2-15H2,1H3,(H,22,27). The van der Waals surface area contributed by atoms with E-state index in [1.807, 2.05) is 9.47 Å². The van der Waals surface area contributed by atoms with Crippen molar-refractivity contribution in [2.75, 3.05) is 32.7 Å². The second-order valence-electron chi connectivity index (χ2n) is 8.37. The van der Waals surface area contributed by atoms with Crippen LogP contribution in [0.2, 0.25) is 0 Å². The Bertz CT molecular complexity index is 715. The first-order valence-corrected chi connectivity index (χ1v) is 11.1. The van der Waals surface area contributed by atoms with Crippen molar-refractivity contribution in [3.05, 3.63) is 17.2 Å². The van der Waals surface area contributed by atoms with Crippen LogP contribution in [0, 0.1) is 0 Å². The van der Waals surface area contributed by atoms with Gasteiger partial charge in [0.1, 0.15) is 5.69 Å².